The summed E-state index contributed by atoms with van der Waals surface area (Å²) in [5, 5.41) is 14.9. The van der Waals surface area contributed by atoms with Crippen molar-refractivity contribution in [2.75, 3.05) is 14.1 Å². The van der Waals surface area contributed by atoms with E-state index in [-0.39, 0.29) is 5.91 Å². The average molecular weight is 297 g/mol. The van der Waals surface area contributed by atoms with Gasteiger partial charge in [-0.05, 0) is 19.3 Å². The first kappa shape index (κ1) is 14.9. The van der Waals surface area contributed by atoms with Gasteiger partial charge in [-0.3, -0.25) is 14.9 Å². The summed E-state index contributed by atoms with van der Waals surface area (Å²) in [6.07, 6.45) is 2.57. The Labute approximate surface area is 121 Å². The number of carboxylic acids is 1. The summed E-state index contributed by atoms with van der Waals surface area (Å²) in [6.45, 7) is 0.430. The summed E-state index contributed by atoms with van der Waals surface area (Å²) in [5.41, 5.74) is 0.0209. The maximum atomic E-state index is 11.6. The first-order valence-corrected chi connectivity index (χ1v) is 7.43. The summed E-state index contributed by atoms with van der Waals surface area (Å²) in [5.74, 6) is -0.776. The molecule has 1 saturated carbocycles. The van der Waals surface area contributed by atoms with Gasteiger partial charge in [0.15, 0.2) is 0 Å². The van der Waals surface area contributed by atoms with E-state index in [0.717, 1.165) is 17.1 Å². The van der Waals surface area contributed by atoms with E-state index in [2.05, 4.69) is 10.3 Å². The van der Waals surface area contributed by atoms with Crippen molar-refractivity contribution in [3.63, 3.8) is 0 Å². The van der Waals surface area contributed by atoms with E-state index in [0.29, 0.717) is 25.8 Å². The van der Waals surface area contributed by atoms with E-state index < -0.39 is 11.5 Å². The van der Waals surface area contributed by atoms with E-state index in [9.17, 15) is 14.7 Å². The quantitative estimate of drug-likeness (QED) is 0.814. The first-order valence-electron chi connectivity index (χ1n) is 6.55. The largest absolute Gasteiger partial charge is 0.480 e. The molecule has 0 aromatic carbocycles. The number of carboxylic acid groups (broad SMARTS) is 1. The molecule has 0 unspecified atom stereocenters. The lowest BCUT2D eigenvalue weighted by atomic mass is 9.77. The summed E-state index contributed by atoms with van der Waals surface area (Å²) >= 11 is 1.43. The zero-order valence-electron chi connectivity index (χ0n) is 11.7. The van der Waals surface area contributed by atoms with Crippen LogP contribution in [0.4, 0.5) is 0 Å². The SMILES string of the molecule is CN(C)C(=O)Cc1nc(CNC2(C(=O)O)CCC2)cs1. The fourth-order valence-electron chi connectivity index (χ4n) is 2.06. The molecular formula is C13H19N3O3S. The zero-order valence-corrected chi connectivity index (χ0v) is 12.5. The molecule has 2 N–H and O–H groups in total. The van der Waals surface area contributed by atoms with Crippen LogP contribution in [0.1, 0.15) is 30.0 Å². The fraction of sp³-hybridized carbons (Fsp3) is 0.615. The lowest BCUT2D eigenvalue weighted by molar-refractivity contribution is -0.148. The number of aromatic nitrogens is 1. The van der Waals surface area contributed by atoms with Crippen molar-refractivity contribution in [2.45, 2.75) is 37.8 Å². The van der Waals surface area contributed by atoms with Crippen LogP contribution in [0.15, 0.2) is 5.38 Å². The van der Waals surface area contributed by atoms with Gasteiger partial charge in [0.2, 0.25) is 5.91 Å². The van der Waals surface area contributed by atoms with E-state index >= 15 is 0 Å². The Morgan fingerprint density at radius 1 is 1.50 bits per heavy atom. The highest BCUT2D eigenvalue weighted by Crippen LogP contribution is 2.32. The van der Waals surface area contributed by atoms with Crippen LogP contribution in [-0.2, 0) is 22.6 Å². The van der Waals surface area contributed by atoms with Gasteiger partial charge < -0.3 is 10.0 Å². The summed E-state index contributed by atoms with van der Waals surface area (Å²) < 4.78 is 0. The van der Waals surface area contributed by atoms with Crippen LogP contribution in [0.2, 0.25) is 0 Å². The van der Waals surface area contributed by atoms with E-state index in [1.165, 1.54) is 16.2 Å². The predicted molar refractivity (Wildman–Crippen MR) is 75.6 cm³/mol. The molecule has 110 valence electrons. The molecule has 1 aromatic rings. The Morgan fingerprint density at radius 3 is 2.70 bits per heavy atom. The van der Waals surface area contributed by atoms with Gasteiger partial charge in [-0.25, -0.2) is 4.98 Å². The number of carbonyl (C=O) groups excluding carboxylic acids is 1. The van der Waals surface area contributed by atoms with Crippen molar-refractivity contribution < 1.29 is 14.7 Å². The summed E-state index contributed by atoms with van der Waals surface area (Å²) in [6, 6.07) is 0. The number of thiazole rings is 1. The van der Waals surface area contributed by atoms with Crippen LogP contribution in [0.5, 0.6) is 0 Å². The number of nitrogens with zero attached hydrogens (tertiary/aromatic N) is 2. The molecule has 0 radical (unpaired) electrons. The minimum absolute atomic E-state index is 0.0138. The lowest BCUT2D eigenvalue weighted by Crippen LogP contribution is -2.56. The van der Waals surface area contributed by atoms with Crippen molar-refractivity contribution in [3.05, 3.63) is 16.1 Å². The molecule has 0 saturated heterocycles. The second kappa shape index (κ2) is 5.88. The van der Waals surface area contributed by atoms with Crippen molar-refractivity contribution in [3.8, 4) is 0 Å². The van der Waals surface area contributed by atoms with E-state index in [1.54, 1.807) is 14.1 Å². The molecule has 1 aromatic heterocycles. The fourth-order valence-corrected chi connectivity index (χ4v) is 2.84. The third kappa shape index (κ3) is 3.16. The number of aliphatic carboxylic acids is 1. The molecule has 0 aliphatic heterocycles. The second-order valence-electron chi connectivity index (χ2n) is 5.29. The number of carbonyl (C=O) groups is 2. The van der Waals surface area contributed by atoms with Gasteiger partial charge in [0.1, 0.15) is 10.5 Å². The standard InChI is InChI=1S/C13H19N3O3S/c1-16(2)11(17)6-10-15-9(8-20-10)7-14-13(12(18)19)4-3-5-13/h8,14H,3-7H2,1-2H3,(H,18,19). The third-order valence-corrected chi connectivity index (χ3v) is 4.52. The van der Waals surface area contributed by atoms with Crippen LogP contribution >= 0.6 is 11.3 Å². The Morgan fingerprint density at radius 2 is 2.20 bits per heavy atom. The van der Waals surface area contributed by atoms with Crippen LogP contribution in [0.25, 0.3) is 0 Å². The molecule has 2 rings (SSSR count). The zero-order chi connectivity index (χ0) is 14.8. The van der Waals surface area contributed by atoms with Gasteiger partial charge in [-0.2, -0.15) is 0 Å². The number of amides is 1. The number of rotatable bonds is 6. The smallest absolute Gasteiger partial charge is 0.323 e. The number of likely N-dealkylation sites (N-methyl/N-ethyl adjacent to an activating group) is 1. The number of hydrogen-bond acceptors (Lipinski definition) is 5. The molecule has 0 spiro atoms. The van der Waals surface area contributed by atoms with Gasteiger partial charge in [0.25, 0.3) is 0 Å². The van der Waals surface area contributed by atoms with E-state index in [1.807, 2.05) is 5.38 Å². The number of nitrogens with one attached hydrogen (secondary N) is 1. The van der Waals surface area contributed by atoms with Crippen molar-refractivity contribution in [1.29, 1.82) is 0 Å². The summed E-state index contributed by atoms with van der Waals surface area (Å²) in [7, 11) is 3.43. The Balaban J connectivity index is 1.90. The number of hydrogen-bond donors (Lipinski definition) is 2. The highest BCUT2D eigenvalue weighted by Gasteiger charge is 2.43. The molecule has 0 atom stereocenters. The van der Waals surface area contributed by atoms with E-state index in [4.69, 9.17) is 0 Å². The Hall–Kier alpha value is -1.47. The molecule has 20 heavy (non-hydrogen) atoms. The highest BCUT2D eigenvalue weighted by molar-refractivity contribution is 7.09. The molecule has 1 aliphatic carbocycles. The van der Waals surface area contributed by atoms with Crippen molar-refractivity contribution in [2.24, 2.45) is 0 Å². The average Bonchev–Trinajstić information content (AvgIpc) is 2.74. The third-order valence-electron chi connectivity index (χ3n) is 3.62. The maximum absolute atomic E-state index is 11.6. The molecule has 7 heteroatoms. The van der Waals surface area contributed by atoms with Crippen molar-refractivity contribution in [1.82, 2.24) is 15.2 Å². The molecule has 1 aliphatic rings. The molecular weight excluding hydrogens is 278 g/mol. The van der Waals surface area contributed by atoms with Gasteiger partial charge in [0.05, 0.1) is 12.1 Å². The molecule has 6 nitrogen and oxygen atoms in total. The summed E-state index contributed by atoms with van der Waals surface area (Å²) in [4.78, 5) is 28.7. The van der Waals surface area contributed by atoms with Gasteiger partial charge >= 0.3 is 5.97 Å². The Bertz CT molecular complexity index is 509. The van der Waals surface area contributed by atoms with Crippen LogP contribution < -0.4 is 5.32 Å². The molecule has 0 bridgehead atoms. The monoisotopic (exact) mass is 297 g/mol. The molecule has 1 fully saturated rings. The maximum Gasteiger partial charge on any atom is 0.323 e. The van der Waals surface area contributed by atoms with Crippen molar-refractivity contribution >= 4 is 23.2 Å². The lowest BCUT2D eigenvalue weighted by Gasteiger charge is -2.38. The molecule has 1 heterocycles. The van der Waals surface area contributed by atoms with Gasteiger partial charge in [0, 0.05) is 26.0 Å². The van der Waals surface area contributed by atoms with Crippen LogP contribution in [0.3, 0.4) is 0 Å². The Kier molecular flexibility index (Phi) is 4.39. The minimum atomic E-state index is -0.790. The first-order chi connectivity index (χ1) is 9.43. The minimum Gasteiger partial charge on any atom is -0.480 e. The topological polar surface area (TPSA) is 82.5 Å². The van der Waals surface area contributed by atoms with Crippen LogP contribution in [0, 0.1) is 0 Å². The highest BCUT2D eigenvalue weighted by atomic mass is 32.1. The second-order valence-corrected chi connectivity index (χ2v) is 6.23. The van der Waals surface area contributed by atoms with Gasteiger partial charge in [-0.1, -0.05) is 0 Å². The van der Waals surface area contributed by atoms with Gasteiger partial charge in [-0.15, -0.1) is 11.3 Å². The van der Waals surface area contributed by atoms with Crippen LogP contribution in [-0.4, -0.2) is 46.5 Å². The predicted octanol–water partition coefficient (Wildman–Crippen LogP) is 0.871. The normalized spacial score (nSPS) is 16.5. The molecule has 1 amide bonds.